The molecule has 0 unspecified atom stereocenters. The van der Waals surface area contributed by atoms with Crippen LogP contribution < -0.4 is 23.2 Å². The molecule has 1 aliphatic heterocycles. The van der Waals surface area contributed by atoms with Crippen molar-refractivity contribution in [2.24, 2.45) is 0 Å². The molecule has 158 valence electrons. The first-order valence-electron chi connectivity index (χ1n) is 8.65. The number of methoxy groups -OCH3 is 3. The fourth-order valence-electron chi connectivity index (χ4n) is 3.05. The zero-order chi connectivity index (χ0) is 21.2. The highest BCUT2D eigenvalue weighted by atomic mass is 32.2. The smallest absolute Gasteiger partial charge is 0.265 e. The lowest BCUT2D eigenvalue weighted by Crippen LogP contribution is -2.25. The Morgan fingerprint density at radius 3 is 2.24 bits per heavy atom. The van der Waals surface area contributed by atoms with E-state index in [4.69, 9.17) is 14.2 Å². The summed E-state index contributed by atoms with van der Waals surface area (Å²) < 4.78 is 69.8. The number of benzene rings is 2. The highest BCUT2D eigenvalue weighted by Gasteiger charge is 2.29. The number of rotatable bonds is 7. The zero-order valence-corrected chi connectivity index (χ0v) is 17.8. The van der Waals surface area contributed by atoms with Crippen molar-refractivity contribution in [3.05, 3.63) is 36.4 Å². The lowest BCUT2D eigenvalue weighted by molar-refractivity contribution is 0.392. The Hall–Kier alpha value is -2.66. The van der Waals surface area contributed by atoms with E-state index in [2.05, 4.69) is 4.72 Å². The lowest BCUT2D eigenvalue weighted by atomic mass is 10.2. The summed E-state index contributed by atoms with van der Waals surface area (Å²) in [6, 6.07) is 8.93. The van der Waals surface area contributed by atoms with Crippen LogP contribution in [0.3, 0.4) is 0 Å². The summed E-state index contributed by atoms with van der Waals surface area (Å²) in [6.45, 7) is 0.338. The molecule has 0 saturated carbocycles. The number of hydrogen-bond donors (Lipinski definition) is 1. The van der Waals surface area contributed by atoms with Crippen LogP contribution in [0.2, 0.25) is 0 Å². The molecule has 11 heteroatoms. The van der Waals surface area contributed by atoms with Crippen molar-refractivity contribution in [2.75, 3.05) is 42.7 Å². The Bertz CT molecular complexity index is 1120. The number of hydrogen-bond acceptors (Lipinski definition) is 7. The van der Waals surface area contributed by atoms with Gasteiger partial charge in [-0.2, -0.15) is 0 Å². The molecular weight excluding hydrogens is 420 g/mol. The monoisotopic (exact) mass is 442 g/mol. The van der Waals surface area contributed by atoms with Crippen LogP contribution in [0.15, 0.2) is 41.3 Å². The number of nitrogens with zero attached hydrogens (tertiary/aromatic N) is 1. The van der Waals surface area contributed by atoms with Gasteiger partial charge in [-0.25, -0.2) is 16.8 Å². The zero-order valence-electron chi connectivity index (χ0n) is 16.2. The maximum Gasteiger partial charge on any atom is 0.265 e. The quantitative estimate of drug-likeness (QED) is 0.699. The molecule has 2 aromatic rings. The van der Waals surface area contributed by atoms with Gasteiger partial charge >= 0.3 is 0 Å². The third-order valence-electron chi connectivity index (χ3n) is 4.47. The average Bonchev–Trinajstić information content (AvgIpc) is 3.06. The van der Waals surface area contributed by atoms with E-state index in [9.17, 15) is 16.8 Å². The second-order valence-electron chi connectivity index (χ2n) is 6.25. The molecule has 29 heavy (non-hydrogen) atoms. The molecule has 1 N–H and O–H groups in total. The van der Waals surface area contributed by atoms with Gasteiger partial charge < -0.3 is 14.2 Å². The first kappa shape index (κ1) is 21.1. The van der Waals surface area contributed by atoms with E-state index in [1.807, 2.05) is 0 Å². The van der Waals surface area contributed by atoms with Crippen molar-refractivity contribution in [3.8, 4) is 17.2 Å². The summed E-state index contributed by atoms with van der Waals surface area (Å²) in [5.41, 5.74) is 0.468. The van der Waals surface area contributed by atoms with E-state index in [1.54, 1.807) is 12.1 Å². The summed E-state index contributed by atoms with van der Waals surface area (Å²) >= 11 is 0. The van der Waals surface area contributed by atoms with E-state index >= 15 is 0 Å². The molecule has 0 amide bonds. The lowest BCUT2D eigenvalue weighted by Gasteiger charge is -2.20. The molecule has 0 aliphatic carbocycles. The molecule has 1 aliphatic rings. The third-order valence-corrected chi connectivity index (χ3v) is 7.73. The molecule has 0 spiro atoms. The predicted octanol–water partition coefficient (Wildman–Crippen LogP) is 2.05. The Labute approximate surface area is 170 Å². The molecule has 0 aromatic heterocycles. The van der Waals surface area contributed by atoms with Crippen molar-refractivity contribution in [1.82, 2.24) is 0 Å². The number of anilines is 2. The topological polar surface area (TPSA) is 111 Å². The standard InChI is InChI=1S/C18H22N2O7S2/c1-25-14-6-8-17(27-3)18(12-14)29(23,24)19-15-11-13(5-7-16(15)26-2)20-9-4-10-28(20,21)22/h5-8,11-12,19H,4,9-10H2,1-3H3. The van der Waals surface area contributed by atoms with E-state index in [1.165, 1.54) is 49.9 Å². The fourth-order valence-corrected chi connectivity index (χ4v) is 5.86. The summed E-state index contributed by atoms with van der Waals surface area (Å²) in [4.78, 5) is -0.124. The van der Waals surface area contributed by atoms with Crippen LogP contribution in [-0.2, 0) is 20.0 Å². The van der Waals surface area contributed by atoms with Crippen molar-refractivity contribution in [1.29, 1.82) is 0 Å². The molecule has 9 nitrogen and oxygen atoms in total. The normalized spacial score (nSPS) is 15.8. The Morgan fingerprint density at radius 2 is 1.66 bits per heavy atom. The second-order valence-corrected chi connectivity index (χ2v) is 9.91. The number of sulfonamides is 2. The minimum Gasteiger partial charge on any atom is -0.497 e. The van der Waals surface area contributed by atoms with Crippen LogP contribution in [0.4, 0.5) is 11.4 Å². The SMILES string of the molecule is COc1ccc(OC)c(S(=O)(=O)Nc2cc(N3CCCS3(=O)=O)ccc2OC)c1. The molecule has 1 heterocycles. The summed E-state index contributed by atoms with van der Waals surface area (Å²) in [5, 5.41) is 0. The maximum atomic E-state index is 13.0. The van der Waals surface area contributed by atoms with E-state index < -0.39 is 20.0 Å². The van der Waals surface area contributed by atoms with Crippen molar-refractivity contribution < 1.29 is 31.0 Å². The highest BCUT2D eigenvalue weighted by molar-refractivity contribution is 7.93. The van der Waals surface area contributed by atoms with E-state index in [-0.39, 0.29) is 27.8 Å². The van der Waals surface area contributed by atoms with Gasteiger partial charge in [0.1, 0.15) is 22.1 Å². The van der Waals surface area contributed by atoms with Crippen LogP contribution in [0.25, 0.3) is 0 Å². The molecule has 2 aromatic carbocycles. The van der Waals surface area contributed by atoms with Gasteiger partial charge in [-0.1, -0.05) is 0 Å². The fraction of sp³-hybridized carbons (Fsp3) is 0.333. The summed E-state index contributed by atoms with van der Waals surface area (Å²) in [5.74, 6) is 0.780. The molecule has 1 saturated heterocycles. The van der Waals surface area contributed by atoms with Gasteiger partial charge in [-0.05, 0) is 36.8 Å². The van der Waals surface area contributed by atoms with Gasteiger partial charge in [0.15, 0.2) is 0 Å². The van der Waals surface area contributed by atoms with Gasteiger partial charge in [0.05, 0.1) is 38.5 Å². The van der Waals surface area contributed by atoms with Crippen LogP contribution in [0, 0.1) is 0 Å². The largest absolute Gasteiger partial charge is 0.497 e. The van der Waals surface area contributed by atoms with Crippen LogP contribution >= 0.6 is 0 Å². The van der Waals surface area contributed by atoms with Gasteiger partial charge in [-0.15, -0.1) is 0 Å². The van der Waals surface area contributed by atoms with Crippen LogP contribution in [0.1, 0.15) is 6.42 Å². The van der Waals surface area contributed by atoms with Crippen molar-refractivity contribution >= 4 is 31.4 Å². The summed E-state index contributed by atoms with van der Waals surface area (Å²) in [6.07, 6.45) is 0.510. The number of ether oxygens (including phenoxy) is 3. The summed E-state index contributed by atoms with van der Waals surface area (Å²) in [7, 11) is -3.33. The molecule has 0 bridgehead atoms. The van der Waals surface area contributed by atoms with Gasteiger partial charge in [-0.3, -0.25) is 9.03 Å². The maximum absolute atomic E-state index is 13.0. The van der Waals surface area contributed by atoms with Crippen molar-refractivity contribution in [2.45, 2.75) is 11.3 Å². The first-order valence-corrected chi connectivity index (χ1v) is 11.7. The molecule has 3 rings (SSSR count). The first-order chi connectivity index (χ1) is 13.7. The minimum atomic E-state index is -4.09. The Morgan fingerprint density at radius 1 is 0.966 bits per heavy atom. The molecular formula is C18H22N2O7S2. The molecule has 1 fully saturated rings. The average molecular weight is 443 g/mol. The molecule has 0 radical (unpaired) electrons. The van der Waals surface area contributed by atoms with Gasteiger partial charge in [0.25, 0.3) is 10.0 Å². The van der Waals surface area contributed by atoms with Crippen LogP contribution in [-0.4, -0.2) is 50.5 Å². The van der Waals surface area contributed by atoms with Crippen molar-refractivity contribution in [3.63, 3.8) is 0 Å². The third kappa shape index (κ3) is 4.20. The Kier molecular flexibility index (Phi) is 5.80. The number of nitrogens with one attached hydrogen (secondary N) is 1. The van der Waals surface area contributed by atoms with Crippen LogP contribution in [0.5, 0.6) is 17.2 Å². The highest BCUT2D eigenvalue weighted by Crippen LogP contribution is 2.36. The van der Waals surface area contributed by atoms with E-state index in [0.717, 1.165) is 0 Å². The predicted molar refractivity (Wildman–Crippen MR) is 109 cm³/mol. The van der Waals surface area contributed by atoms with E-state index in [0.29, 0.717) is 24.4 Å². The van der Waals surface area contributed by atoms with Gasteiger partial charge in [0.2, 0.25) is 10.0 Å². The second kappa shape index (κ2) is 7.99. The molecule has 0 atom stereocenters. The minimum absolute atomic E-state index is 0.0566. The Balaban J connectivity index is 2.04. The van der Waals surface area contributed by atoms with Gasteiger partial charge in [0, 0.05) is 12.6 Å².